The van der Waals surface area contributed by atoms with Gasteiger partial charge in [-0.2, -0.15) is 0 Å². The Bertz CT molecular complexity index is 160. The molecule has 1 amide bonds. The van der Waals surface area contributed by atoms with Crippen molar-refractivity contribution in [3.8, 4) is 0 Å². The van der Waals surface area contributed by atoms with Crippen molar-refractivity contribution in [1.82, 2.24) is 4.90 Å². The summed E-state index contributed by atoms with van der Waals surface area (Å²) in [6.45, 7) is 2.20. The summed E-state index contributed by atoms with van der Waals surface area (Å²) in [5, 5.41) is -0.225. The Morgan fingerprint density at radius 1 is 1.80 bits per heavy atom. The van der Waals surface area contributed by atoms with Crippen LogP contribution in [-0.4, -0.2) is 34.8 Å². The van der Waals surface area contributed by atoms with Crippen molar-refractivity contribution >= 4 is 24.0 Å². The van der Waals surface area contributed by atoms with Crippen LogP contribution in [0.5, 0.6) is 0 Å². The van der Waals surface area contributed by atoms with Crippen LogP contribution in [-0.2, 0) is 9.59 Å². The topological polar surface area (TPSA) is 37.4 Å². The zero-order valence-corrected chi connectivity index (χ0v) is 6.56. The monoisotopic (exact) mass is 159 g/mol. The van der Waals surface area contributed by atoms with E-state index in [4.69, 9.17) is 0 Å². The van der Waals surface area contributed by atoms with Gasteiger partial charge in [0.05, 0.1) is 0 Å². The van der Waals surface area contributed by atoms with E-state index in [0.717, 1.165) is 12.0 Å². The van der Waals surface area contributed by atoms with Crippen LogP contribution in [0, 0.1) is 0 Å². The van der Waals surface area contributed by atoms with Gasteiger partial charge in [-0.25, -0.2) is 0 Å². The third-order valence-corrected chi connectivity index (χ3v) is 2.57. The number of carbonyl (C=O) groups excluding carboxylic acids is 2. The molecule has 0 N–H and O–H groups in total. The summed E-state index contributed by atoms with van der Waals surface area (Å²) in [7, 11) is 0. The van der Waals surface area contributed by atoms with Gasteiger partial charge in [0.2, 0.25) is 5.91 Å². The fourth-order valence-corrected chi connectivity index (χ4v) is 1.99. The third-order valence-electron chi connectivity index (χ3n) is 1.45. The zero-order valence-electron chi connectivity index (χ0n) is 5.74. The van der Waals surface area contributed by atoms with E-state index in [1.807, 2.05) is 0 Å². The molecule has 0 bridgehead atoms. The molecule has 1 atom stereocenters. The minimum absolute atomic E-state index is 0.0119. The van der Waals surface area contributed by atoms with E-state index < -0.39 is 0 Å². The quantitative estimate of drug-likeness (QED) is 0.509. The van der Waals surface area contributed by atoms with Crippen molar-refractivity contribution in [3.63, 3.8) is 0 Å². The Morgan fingerprint density at radius 2 is 2.50 bits per heavy atom. The first-order chi connectivity index (χ1) is 4.75. The highest BCUT2D eigenvalue weighted by Crippen LogP contribution is 2.21. The largest absolute Gasteiger partial charge is 0.323 e. The first-order valence-electron chi connectivity index (χ1n) is 3.10. The fraction of sp³-hybridized carbons (Fsp3) is 0.667. The van der Waals surface area contributed by atoms with Crippen LogP contribution in [0.2, 0.25) is 0 Å². The number of rotatable bonds is 1. The first kappa shape index (κ1) is 7.60. The lowest BCUT2D eigenvalue weighted by atomic mass is 10.5. The van der Waals surface area contributed by atoms with Gasteiger partial charge < -0.3 is 9.69 Å². The SMILES string of the molecule is CC(=O)N1CCSC1C=O. The molecule has 0 spiro atoms. The summed E-state index contributed by atoms with van der Waals surface area (Å²) in [6, 6.07) is 0. The maximum atomic E-state index is 10.8. The number of hydrogen-bond acceptors (Lipinski definition) is 3. The molecule has 1 aliphatic rings. The molecule has 0 aromatic carbocycles. The molecule has 1 unspecified atom stereocenters. The Kier molecular flexibility index (Phi) is 2.32. The van der Waals surface area contributed by atoms with Gasteiger partial charge in [-0.3, -0.25) is 4.79 Å². The van der Waals surface area contributed by atoms with Crippen LogP contribution < -0.4 is 0 Å². The second kappa shape index (κ2) is 3.05. The van der Waals surface area contributed by atoms with Gasteiger partial charge in [0.15, 0.2) is 6.29 Å². The van der Waals surface area contributed by atoms with E-state index in [1.165, 1.54) is 18.7 Å². The van der Waals surface area contributed by atoms with Crippen LogP contribution in [0.1, 0.15) is 6.92 Å². The zero-order chi connectivity index (χ0) is 7.56. The molecule has 3 nitrogen and oxygen atoms in total. The summed E-state index contributed by atoms with van der Waals surface area (Å²) in [5.74, 6) is 0.866. The van der Waals surface area contributed by atoms with Crippen LogP contribution in [0.15, 0.2) is 0 Å². The molecule has 1 rings (SSSR count). The van der Waals surface area contributed by atoms with Crippen molar-refractivity contribution in [2.24, 2.45) is 0 Å². The van der Waals surface area contributed by atoms with Crippen molar-refractivity contribution in [2.45, 2.75) is 12.3 Å². The summed E-state index contributed by atoms with van der Waals surface area (Å²) >= 11 is 1.52. The van der Waals surface area contributed by atoms with Crippen molar-refractivity contribution in [3.05, 3.63) is 0 Å². The van der Waals surface area contributed by atoms with Gasteiger partial charge in [0, 0.05) is 19.2 Å². The smallest absolute Gasteiger partial charge is 0.220 e. The average Bonchev–Trinajstić information content (AvgIpc) is 2.33. The molecule has 1 saturated heterocycles. The average molecular weight is 159 g/mol. The highest BCUT2D eigenvalue weighted by Gasteiger charge is 2.25. The number of amides is 1. The van der Waals surface area contributed by atoms with Crippen molar-refractivity contribution < 1.29 is 9.59 Å². The normalized spacial score (nSPS) is 24.9. The fourth-order valence-electron chi connectivity index (χ4n) is 0.938. The number of hydrogen-bond donors (Lipinski definition) is 0. The van der Waals surface area contributed by atoms with E-state index in [1.54, 1.807) is 4.90 Å². The molecule has 10 heavy (non-hydrogen) atoms. The number of nitrogens with zero attached hydrogens (tertiary/aromatic N) is 1. The predicted molar refractivity (Wildman–Crippen MR) is 39.7 cm³/mol. The van der Waals surface area contributed by atoms with Crippen LogP contribution in [0.3, 0.4) is 0 Å². The minimum Gasteiger partial charge on any atom is -0.323 e. The molecule has 1 heterocycles. The van der Waals surface area contributed by atoms with Gasteiger partial charge in [0.1, 0.15) is 5.37 Å². The predicted octanol–water partition coefficient (Wildman–Crippen LogP) is 0.107. The second-order valence-electron chi connectivity index (χ2n) is 2.11. The highest BCUT2D eigenvalue weighted by molar-refractivity contribution is 8.00. The molecule has 0 aliphatic carbocycles. The maximum Gasteiger partial charge on any atom is 0.220 e. The van der Waals surface area contributed by atoms with Gasteiger partial charge in [-0.15, -0.1) is 11.8 Å². The van der Waals surface area contributed by atoms with Crippen LogP contribution in [0.25, 0.3) is 0 Å². The summed E-state index contributed by atoms with van der Waals surface area (Å²) < 4.78 is 0. The molecular weight excluding hydrogens is 150 g/mol. The Balaban J connectivity index is 2.58. The summed E-state index contributed by atoms with van der Waals surface area (Å²) in [5.41, 5.74) is 0. The standard InChI is InChI=1S/C6H9NO2S/c1-5(9)7-2-3-10-6(7)4-8/h4,6H,2-3H2,1H3. The lowest BCUT2D eigenvalue weighted by molar-refractivity contribution is -0.131. The molecule has 56 valence electrons. The number of aldehydes is 1. The molecule has 1 aliphatic heterocycles. The maximum absolute atomic E-state index is 10.8. The van der Waals surface area contributed by atoms with Gasteiger partial charge >= 0.3 is 0 Å². The number of carbonyl (C=O) groups is 2. The summed E-state index contributed by atoms with van der Waals surface area (Å²) in [6.07, 6.45) is 0.819. The molecular formula is C6H9NO2S. The van der Waals surface area contributed by atoms with E-state index in [0.29, 0.717) is 6.54 Å². The van der Waals surface area contributed by atoms with Crippen molar-refractivity contribution in [1.29, 1.82) is 0 Å². The van der Waals surface area contributed by atoms with Gasteiger partial charge in [-0.1, -0.05) is 0 Å². The van der Waals surface area contributed by atoms with E-state index in [2.05, 4.69) is 0 Å². The lowest BCUT2D eigenvalue weighted by Gasteiger charge is -2.16. The van der Waals surface area contributed by atoms with Gasteiger partial charge in [-0.05, 0) is 0 Å². The Morgan fingerprint density at radius 3 is 2.90 bits per heavy atom. The van der Waals surface area contributed by atoms with Gasteiger partial charge in [0.25, 0.3) is 0 Å². The van der Waals surface area contributed by atoms with E-state index in [-0.39, 0.29) is 11.3 Å². The first-order valence-corrected chi connectivity index (χ1v) is 4.14. The Labute approximate surface area is 63.8 Å². The highest BCUT2D eigenvalue weighted by atomic mass is 32.2. The van der Waals surface area contributed by atoms with Crippen molar-refractivity contribution in [2.75, 3.05) is 12.3 Å². The van der Waals surface area contributed by atoms with Crippen LogP contribution >= 0.6 is 11.8 Å². The molecule has 0 aromatic rings. The van der Waals surface area contributed by atoms with E-state index in [9.17, 15) is 9.59 Å². The minimum atomic E-state index is -0.225. The lowest BCUT2D eigenvalue weighted by Crippen LogP contribution is -2.33. The molecule has 0 saturated carbocycles. The molecule has 0 aromatic heterocycles. The second-order valence-corrected chi connectivity index (χ2v) is 3.33. The van der Waals surface area contributed by atoms with Crippen LogP contribution in [0.4, 0.5) is 0 Å². The number of thioether (sulfide) groups is 1. The third kappa shape index (κ3) is 1.31. The molecule has 0 radical (unpaired) electrons. The Hall–Kier alpha value is -0.510. The molecule has 4 heteroatoms. The summed E-state index contributed by atoms with van der Waals surface area (Å²) in [4.78, 5) is 22.7. The molecule has 1 fully saturated rings. The van der Waals surface area contributed by atoms with E-state index >= 15 is 0 Å².